The van der Waals surface area contributed by atoms with Crippen molar-refractivity contribution >= 4 is 23.7 Å². The maximum atomic E-state index is 12.2. The van der Waals surface area contributed by atoms with Crippen molar-refractivity contribution in [2.75, 3.05) is 0 Å². The summed E-state index contributed by atoms with van der Waals surface area (Å²) in [5, 5.41) is 12.8. The summed E-state index contributed by atoms with van der Waals surface area (Å²) in [4.78, 5) is 24.2. The molecule has 26 heavy (non-hydrogen) atoms. The van der Waals surface area contributed by atoms with E-state index in [1.807, 2.05) is 0 Å². The van der Waals surface area contributed by atoms with Gasteiger partial charge in [0.1, 0.15) is 5.76 Å². The Kier molecular flexibility index (Phi) is 5.97. The van der Waals surface area contributed by atoms with E-state index in [1.54, 1.807) is 26.2 Å². The van der Waals surface area contributed by atoms with Crippen LogP contribution in [0.2, 0.25) is 0 Å². The first-order chi connectivity index (χ1) is 12.5. The van der Waals surface area contributed by atoms with Crippen LogP contribution in [0, 0.1) is 6.92 Å². The zero-order chi connectivity index (χ0) is 18.5. The number of nitrogens with zero attached hydrogens (tertiary/aromatic N) is 2. The van der Waals surface area contributed by atoms with Crippen molar-refractivity contribution in [1.29, 1.82) is 0 Å². The molecule has 0 unspecified atom stereocenters. The number of carbonyl (C=O) groups excluding carboxylic acids is 2. The van der Waals surface area contributed by atoms with E-state index in [0.717, 1.165) is 37.4 Å². The molecule has 2 N–H and O–H groups in total. The number of nitrogens with one attached hydrogen (secondary N) is 2. The number of thioether (sulfide) groups is 1. The molecule has 1 aliphatic carbocycles. The Bertz CT molecular complexity index is 766. The van der Waals surface area contributed by atoms with E-state index in [-0.39, 0.29) is 11.3 Å². The maximum Gasteiger partial charge on any atom is 0.321 e. The van der Waals surface area contributed by atoms with Crippen LogP contribution in [0.1, 0.15) is 44.8 Å². The van der Waals surface area contributed by atoms with E-state index >= 15 is 0 Å². The monoisotopic (exact) mass is 378 g/mol. The Morgan fingerprint density at radius 1 is 1.27 bits per heavy atom. The van der Waals surface area contributed by atoms with Gasteiger partial charge in [-0.15, -0.1) is 10.2 Å². The van der Waals surface area contributed by atoms with Gasteiger partial charge in [0.05, 0.1) is 17.1 Å². The molecule has 1 atom stereocenters. The molecule has 9 heteroatoms. The number of aryl methyl sites for hydroxylation is 1. The molecule has 2 aromatic rings. The fraction of sp³-hybridized carbons (Fsp3) is 0.529. The molecule has 0 aliphatic heterocycles. The lowest BCUT2D eigenvalue weighted by Gasteiger charge is -2.22. The SMILES string of the molecule is Cc1occc1-c1nnc(S[C@@H](C)C(=O)NC(=O)NC2CCCCC2)o1. The van der Waals surface area contributed by atoms with E-state index in [0.29, 0.717) is 17.2 Å². The average Bonchev–Trinajstić information content (AvgIpc) is 3.24. The molecule has 1 saturated carbocycles. The Labute approximate surface area is 155 Å². The quantitative estimate of drug-likeness (QED) is 0.768. The largest absolute Gasteiger partial charge is 0.469 e. The van der Waals surface area contributed by atoms with Crippen LogP contribution in [0.15, 0.2) is 26.4 Å². The van der Waals surface area contributed by atoms with Gasteiger partial charge >= 0.3 is 6.03 Å². The van der Waals surface area contributed by atoms with Crippen LogP contribution in [0.5, 0.6) is 0 Å². The first-order valence-electron chi connectivity index (χ1n) is 8.69. The van der Waals surface area contributed by atoms with Crippen LogP contribution in [-0.4, -0.2) is 33.4 Å². The van der Waals surface area contributed by atoms with E-state index < -0.39 is 17.2 Å². The van der Waals surface area contributed by atoms with E-state index in [9.17, 15) is 9.59 Å². The number of furan rings is 1. The van der Waals surface area contributed by atoms with E-state index in [4.69, 9.17) is 8.83 Å². The Morgan fingerprint density at radius 3 is 2.73 bits per heavy atom. The van der Waals surface area contributed by atoms with Crippen molar-refractivity contribution in [2.24, 2.45) is 0 Å². The Hall–Kier alpha value is -2.29. The molecule has 3 amide bonds. The van der Waals surface area contributed by atoms with Gasteiger partial charge in [-0.25, -0.2) is 4.79 Å². The number of hydrogen-bond acceptors (Lipinski definition) is 7. The fourth-order valence-corrected chi connectivity index (χ4v) is 3.54. The molecule has 3 rings (SSSR count). The number of carbonyl (C=O) groups is 2. The molecule has 0 radical (unpaired) electrons. The number of amides is 3. The second-order valence-electron chi connectivity index (χ2n) is 6.32. The van der Waals surface area contributed by atoms with Crippen LogP contribution in [0.4, 0.5) is 4.79 Å². The summed E-state index contributed by atoms with van der Waals surface area (Å²) in [6, 6.07) is 1.44. The number of rotatable bonds is 5. The summed E-state index contributed by atoms with van der Waals surface area (Å²) in [5.74, 6) is 0.610. The smallest absolute Gasteiger partial charge is 0.321 e. The zero-order valence-electron chi connectivity index (χ0n) is 14.8. The highest BCUT2D eigenvalue weighted by Crippen LogP contribution is 2.28. The third-order valence-electron chi connectivity index (χ3n) is 4.32. The van der Waals surface area contributed by atoms with Gasteiger partial charge in [-0.2, -0.15) is 0 Å². The number of aromatic nitrogens is 2. The van der Waals surface area contributed by atoms with Crippen LogP contribution in [-0.2, 0) is 4.79 Å². The van der Waals surface area contributed by atoms with Gasteiger partial charge in [0.25, 0.3) is 11.1 Å². The van der Waals surface area contributed by atoms with Crippen molar-refractivity contribution in [3.63, 3.8) is 0 Å². The molecule has 1 fully saturated rings. The summed E-state index contributed by atoms with van der Waals surface area (Å²) < 4.78 is 10.8. The highest BCUT2D eigenvalue weighted by Gasteiger charge is 2.22. The summed E-state index contributed by atoms with van der Waals surface area (Å²) >= 11 is 1.10. The fourth-order valence-electron chi connectivity index (χ4n) is 2.86. The van der Waals surface area contributed by atoms with Gasteiger partial charge < -0.3 is 14.2 Å². The molecule has 140 valence electrons. The standard InChI is InChI=1S/C17H22N4O4S/c1-10-13(8-9-24-10)15-20-21-17(25-15)26-11(2)14(22)19-16(23)18-12-6-4-3-5-7-12/h8-9,11-12H,3-7H2,1-2H3,(H2,18,19,22,23)/t11-/m0/s1. The lowest BCUT2D eigenvalue weighted by atomic mass is 9.96. The molecule has 2 aromatic heterocycles. The van der Waals surface area contributed by atoms with Gasteiger partial charge in [0, 0.05) is 6.04 Å². The summed E-state index contributed by atoms with van der Waals surface area (Å²) in [5.41, 5.74) is 0.716. The molecule has 0 aromatic carbocycles. The second-order valence-corrected chi connectivity index (χ2v) is 7.61. The van der Waals surface area contributed by atoms with Gasteiger partial charge in [-0.3, -0.25) is 10.1 Å². The summed E-state index contributed by atoms with van der Waals surface area (Å²) in [6.07, 6.45) is 6.90. The molecule has 8 nitrogen and oxygen atoms in total. The number of hydrogen-bond donors (Lipinski definition) is 2. The number of urea groups is 1. The minimum atomic E-state index is -0.550. The van der Waals surface area contributed by atoms with E-state index in [2.05, 4.69) is 20.8 Å². The van der Waals surface area contributed by atoms with Crippen LogP contribution in [0.3, 0.4) is 0 Å². The van der Waals surface area contributed by atoms with Crippen molar-refractivity contribution in [2.45, 2.75) is 62.5 Å². The highest BCUT2D eigenvalue weighted by atomic mass is 32.2. The van der Waals surface area contributed by atoms with Crippen molar-refractivity contribution in [3.8, 4) is 11.5 Å². The molecular weight excluding hydrogens is 356 g/mol. The molecule has 0 saturated heterocycles. The number of imide groups is 1. The molecular formula is C17H22N4O4S. The maximum absolute atomic E-state index is 12.2. The van der Waals surface area contributed by atoms with Crippen LogP contribution < -0.4 is 10.6 Å². The first-order valence-corrected chi connectivity index (χ1v) is 9.57. The highest BCUT2D eigenvalue weighted by molar-refractivity contribution is 8.00. The third-order valence-corrected chi connectivity index (χ3v) is 5.25. The van der Waals surface area contributed by atoms with Gasteiger partial charge in [-0.1, -0.05) is 31.0 Å². The van der Waals surface area contributed by atoms with Crippen LogP contribution in [0.25, 0.3) is 11.5 Å². The van der Waals surface area contributed by atoms with Gasteiger partial charge in [0.2, 0.25) is 5.91 Å². The zero-order valence-corrected chi connectivity index (χ0v) is 15.6. The Morgan fingerprint density at radius 2 is 2.04 bits per heavy atom. The van der Waals surface area contributed by atoms with Crippen molar-refractivity contribution < 1.29 is 18.4 Å². The average molecular weight is 378 g/mol. The van der Waals surface area contributed by atoms with Gasteiger partial charge in [0.15, 0.2) is 0 Å². The lowest BCUT2D eigenvalue weighted by molar-refractivity contribution is -0.119. The second kappa shape index (κ2) is 8.39. The van der Waals surface area contributed by atoms with E-state index in [1.165, 1.54) is 6.42 Å². The third kappa shape index (κ3) is 4.66. The predicted molar refractivity (Wildman–Crippen MR) is 95.6 cm³/mol. The van der Waals surface area contributed by atoms with Crippen LogP contribution >= 0.6 is 11.8 Å². The topological polar surface area (TPSA) is 110 Å². The predicted octanol–water partition coefficient (Wildman–Crippen LogP) is 3.28. The minimum Gasteiger partial charge on any atom is -0.469 e. The minimum absolute atomic E-state index is 0.149. The van der Waals surface area contributed by atoms with Crippen molar-refractivity contribution in [3.05, 3.63) is 18.1 Å². The normalized spacial score (nSPS) is 16.2. The lowest BCUT2D eigenvalue weighted by Crippen LogP contribution is -2.47. The Balaban J connectivity index is 1.50. The molecule has 0 spiro atoms. The van der Waals surface area contributed by atoms with Gasteiger partial charge in [-0.05, 0) is 32.8 Å². The summed E-state index contributed by atoms with van der Waals surface area (Å²) in [7, 11) is 0. The molecule has 1 aliphatic rings. The molecule has 2 heterocycles. The first kappa shape index (κ1) is 18.5. The van der Waals surface area contributed by atoms with Crippen molar-refractivity contribution in [1.82, 2.24) is 20.8 Å². The summed E-state index contributed by atoms with van der Waals surface area (Å²) in [6.45, 7) is 3.48. The molecule has 0 bridgehead atoms.